The number of hydrazone groups is 1. The van der Waals surface area contributed by atoms with Crippen LogP contribution >= 0.6 is 23.2 Å². The number of nitrogens with zero attached hydrogens (tertiary/aromatic N) is 3. The van der Waals surface area contributed by atoms with Crippen molar-refractivity contribution in [2.24, 2.45) is 5.10 Å². The maximum Gasteiger partial charge on any atom is 0.271 e. The fourth-order valence-electron chi connectivity index (χ4n) is 4.60. The van der Waals surface area contributed by atoms with Crippen molar-refractivity contribution in [2.75, 3.05) is 0 Å². The standard InChI is InChI=1S/C37H28Cl2N4O3/c38-31-16-11-29(35(39)21-31)25-46-34-19-14-28(15-20-34)37(44)41-40-22-30-23-43(32-9-5-2-6-10-32)42-36(30)27-12-17-33(18-13-27)45-24-26-7-3-1-4-8-26/h1-23H,24-25H2,(H,41,44)/b40-22-. The average molecular weight is 648 g/mol. The molecule has 0 radical (unpaired) electrons. The highest BCUT2D eigenvalue weighted by Gasteiger charge is 2.12. The van der Waals surface area contributed by atoms with E-state index in [1.54, 1.807) is 47.3 Å². The van der Waals surface area contributed by atoms with Crippen molar-refractivity contribution in [1.82, 2.24) is 15.2 Å². The molecule has 1 aromatic heterocycles. The van der Waals surface area contributed by atoms with Gasteiger partial charge in [0.2, 0.25) is 0 Å². The molecule has 0 aliphatic heterocycles. The molecule has 9 heteroatoms. The summed E-state index contributed by atoms with van der Waals surface area (Å²) >= 11 is 12.2. The van der Waals surface area contributed by atoms with Crippen LogP contribution in [0.5, 0.6) is 11.5 Å². The van der Waals surface area contributed by atoms with Crippen molar-refractivity contribution >= 4 is 35.3 Å². The van der Waals surface area contributed by atoms with Crippen molar-refractivity contribution in [3.8, 4) is 28.4 Å². The Morgan fingerprint density at radius 3 is 2.13 bits per heavy atom. The van der Waals surface area contributed by atoms with Gasteiger partial charge in [-0.2, -0.15) is 10.2 Å². The van der Waals surface area contributed by atoms with Gasteiger partial charge in [0.05, 0.1) is 11.9 Å². The van der Waals surface area contributed by atoms with Gasteiger partial charge in [0.25, 0.3) is 5.91 Å². The van der Waals surface area contributed by atoms with E-state index in [1.807, 2.05) is 97.2 Å². The van der Waals surface area contributed by atoms with Crippen LogP contribution < -0.4 is 14.9 Å². The molecule has 1 amide bonds. The minimum atomic E-state index is -0.361. The number of benzene rings is 5. The summed E-state index contributed by atoms with van der Waals surface area (Å²) < 4.78 is 13.6. The van der Waals surface area contributed by atoms with Gasteiger partial charge >= 0.3 is 0 Å². The molecule has 46 heavy (non-hydrogen) atoms. The van der Waals surface area contributed by atoms with Gasteiger partial charge in [0.15, 0.2) is 0 Å². The number of hydrogen-bond donors (Lipinski definition) is 1. The molecule has 228 valence electrons. The van der Waals surface area contributed by atoms with Crippen molar-refractivity contribution in [3.63, 3.8) is 0 Å². The second-order valence-corrected chi connectivity index (χ2v) is 11.1. The third kappa shape index (κ3) is 7.82. The molecule has 0 bridgehead atoms. The third-order valence-electron chi connectivity index (χ3n) is 7.04. The number of halogens is 2. The van der Waals surface area contributed by atoms with E-state index in [-0.39, 0.29) is 12.5 Å². The molecule has 0 aliphatic rings. The lowest BCUT2D eigenvalue weighted by Gasteiger charge is -2.08. The van der Waals surface area contributed by atoms with Crippen LogP contribution in [0.2, 0.25) is 10.0 Å². The minimum absolute atomic E-state index is 0.272. The number of carbonyl (C=O) groups excluding carboxylic acids is 1. The van der Waals surface area contributed by atoms with E-state index < -0.39 is 0 Å². The van der Waals surface area contributed by atoms with E-state index in [0.717, 1.165) is 33.7 Å². The predicted molar refractivity (Wildman–Crippen MR) is 182 cm³/mol. The monoisotopic (exact) mass is 646 g/mol. The summed E-state index contributed by atoms with van der Waals surface area (Å²) in [6, 6.07) is 39.6. The van der Waals surface area contributed by atoms with Crippen LogP contribution in [0.25, 0.3) is 16.9 Å². The molecule has 0 unspecified atom stereocenters. The van der Waals surface area contributed by atoms with Gasteiger partial charge in [-0.3, -0.25) is 4.79 Å². The van der Waals surface area contributed by atoms with Crippen LogP contribution in [0.15, 0.2) is 139 Å². The Kier molecular flexibility index (Phi) is 9.73. The molecular weight excluding hydrogens is 619 g/mol. The van der Waals surface area contributed by atoms with Gasteiger partial charge in [-0.05, 0) is 78.4 Å². The molecule has 0 atom stereocenters. The Bertz CT molecular complexity index is 1940. The van der Waals surface area contributed by atoms with E-state index in [4.69, 9.17) is 37.8 Å². The Labute approximate surface area is 276 Å². The van der Waals surface area contributed by atoms with Gasteiger partial charge in [0, 0.05) is 38.5 Å². The maximum atomic E-state index is 12.9. The molecule has 0 saturated heterocycles. The zero-order valence-electron chi connectivity index (χ0n) is 24.5. The molecule has 0 spiro atoms. The second kappa shape index (κ2) is 14.6. The molecule has 1 heterocycles. The van der Waals surface area contributed by atoms with Gasteiger partial charge in [-0.15, -0.1) is 0 Å². The van der Waals surface area contributed by atoms with Crippen molar-refractivity contribution in [1.29, 1.82) is 0 Å². The maximum absolute atomic E-state index is 12.9. The highest BCUT2D eigenvalue weighted by molar-refractivity contribution is 6.35. The molecule has 0 aliphatic carbocycles. The van der Waals surface area contributed by atoms with Gasteiger partial charge in [-0.25, -0.2) is 10.1 Å². The predicted octanol–water partition coefficient (Wildman–Crippen LogP) is 8.77. The first-order chi connectivity index (χ1) is 22.5. The number of para-hydroxylation sites is 1. The summed E-state index contributed by atoms with van der Waals surface area (Å²) in [4.78, 5) is 12.9. The number of ether oxygens (including phenoxy) is 2. The third-order valence-corrected chi connectivity index (χ3v) is 7.62. The minimum Gasteiger partial charge on any atom is -0.489 e. The van der Waals surface area contributed by atoms with Crippen LogP contribution in [-0.2, 0) is 13.2 Å². The Balaban J connectivity index is 1.13. The highest BCUT2D eigenvalue weighted by Crippen LogP contribution is 2.26. The molecular formula is C37H28Cl2N4O3. The highest BCUT2D eigenvalue weighted by atomic mass is 35.5. The zero-order valence-corrected chi connectivity index (χ0v) is 26.0. The number of amides is 1. The summed E-state index contributed by atoms with van der Waals surface area (Å²) in [7, 11) is 0. The van der Waals surface area contributed by atoms with Crippen LogP contribution in [0.4, 0.5) is 0 Å². The fraction of sp³-hybridized carbons (Fsp3) is 0.0541. The number of hydrogen-bond acceptors (Lipinski definition) is 5. The average Bonchev–Trinajstić information content (AvgIpc) is 3.52. The molecule has 6 rings (SSSR count). The molecule has 0 saturated carbocycles. The summed E-state index contributed by atoms with van der Waals surface area (Å²) in [5.74, 6) is 0.990. The lowest BCUT2D eigenvalue weighted by atomic mass is 10.1. The number of aromatic nitrogens is 2. The van der Waals surface area contributed by atoms with E-state index in [9.17, 15) is 4.79 Å². The lowest BCUT2D eigenvalue weighted by molar-refractivity contribution is 0.0955. The smallest absolute Gasteiger partial charge is 0.271 e. The number of rotatable bonds is 11. The summed E-state index contributed by atoms with van der Waals surface area (Å²) in [6.45, 7) is 0.753. The molecule has 0 fully saturated rings. The van der Waals surface area contributed by atoms with Crippen molar-refractivity contribution in [3.05, 3.63) is 166 Å². The quantitative estimate of drug-likeness (QED) is 0.113. The van der Waals surface area contributed by atoms with Gasteiger partial charge < -0.3 is 9.47 Å². The molecule has 5 aromatic carbocycles. The van der Waals surface area contributed by atoms with Gasteiger partial charge in [-0.1, -0.05) is 77.8 Å². The molecule has 1 N–H and O–H groups in total. The molecule has 7 nitrogen and oxygen atoms in total. The van der Waals surface area contributed by atoms with Crippen molar-refractivity contribution in [2.45, 2.75) is 13.2 Å². The zero-order chi connectivity index (χ0) is 31.7. The topological polar surface area (TPSA) is 77.7 Å². The van der Waals surface area contributed by atoms with Crippen LogP contribution in [-0.4, -0.2) is 21.9 Å². The first-order valence-electron chi connectivity index (χ1n) is 14.4. The molecule has 6 aromatic rings. The van der Waals surface area contributed by atoms with E-state index in [0.29, 0.717) is 33.7 Å². The normalized spacial score (nSPS) is 11.0. The summed E-state index contributed by atoms with van der Waals surface area (Å²) in [6.07, 6.45) is 3.46. The SMILES string of the molecule is O=C(N/N=C\c1cn(-c2ccccc2)nc1-c1ccc(OCc2ccccc2)cc1)c1ccc(OCc2ccc(Cl)cc2Cl)cc1. The summed E-state index contributed by atoms with van der Waals surface area (Å²) in [5.41, 5.74) is 8.16. The Morgan fingerprint density at radius 2 is 1.43 bits per heavy atom. The number of nitrogens with one attached hydrogen (secondary N) is 1. The largest absolute Gasteiger partial charge is 0.489 e. The first kappa shape index (κ1) is 30.6. The second-order valence-electron chi connectivity index (χ2n) is 10.3. The first-order valence-corrected chi connectivity index (χ1v) is 15.2. The van der Waals surface area contributed by atoms with Crippen molar-refractivity contribution < 1.29 is 14.3 Å². The lowest BCUT2D eigenvalue weighted by Crippen LogP contribution is -2.17. The van der Waals surface area contributed by atoms with Crippen LogP contribution in [0, 0.1) is 0 Å². The summed E-state index contributed by atoms with van der Waals surface area (Å²) in [5, 5.41) is 10.2. The van der Waals surface area contributed by atoms with E-state index >= 15 is 0 Å². The van der Waals surface area contributed by atoms with E-state index in [2.05, 4.69) is 10.5 Å². The Morgan fingerprint density at radius 1 is 0.783 bits per heavy atom. The van der Waals surface area contributed by atoms with Crippen LogP contribution in [0.1, 0.15) is 27.0 Å². The fourth-order valence-corrected chi connectivity index (χ4v) is 5.06. The Hall–Kier alpha value is -5.37. The van der Waals surface area contributed by atoms with E-state index in [1.165, 1.54) is 0 Å². The van der Waals surface area contributed by atoms with Crippen LogP contribution in [0.3, 0.4) is 0 Å². The number of carbonyl (C=O) groups is 1. The van der Waals surface area contributed by atoms with Gasteiger partial charge in [0.1, 0.15) is 30.4 Å².